The summed E-state index contributed by atoms with van der Waals surface area (Å²) in [6, 6.07) is 13.0. The van der Waals surface area contributed by atoms with Crippen molar-refractivity contribution in [3.63, 3.8) is 0 Å². The predicted octanol–water partition coefficient (Wildman–Crippen LogP) is 3.09. The van der Waals surface area contributed by atoms with Gasteiger partial charge in [-0.15, -0.1) is 5.10 Å². The first-order valence-corrected chi connectivity index (χ1v) is 12.7. The second-order valence-corrected chi connectivity index (χ2v) is 9.68. The van der Waals surface area contributed by atoms with Crippen molar-refractivity contribution in [3.05, 3.63) is 54.4 Å². The van der Waals surface area contributed by atoms with Crippen LogP contribution in [-0.4, -0.2) is 80.8 Å². The fourth-order valence-electron chi connectivity index (χ4n) is 4.55. The smallest absolute Gasteiger partial charge is 0.410 e. The third kappa shape index (κ3) is 6.44. The Labute approximate surface area is 216 Å². The number of aromatic nitrogens is 3. The number of nitrogens with zero attached hydrogens (tertiary/aromatic N) is 5. The van der Waals surface area contributed by atoms with Crippen LogP contribution in [-0.2, 0) is 22.7 Å². The van der Waals surface area contributed by atoms with Gasteiger partial charge in [-0.25, -0.2) is 9.48 Å². The molecule has 4 rings (SSSR count). The molecule has 37 heavy (non-hydrogen) atoms. The maximum atomic E-state index is 13.1. The Morgan fingerprint density at radius 3 is 2.86 bits per heavy atom. The van der Waals surface area contributed by atoms with Gasteiger partial charge in [0.05, 0.1) is 43.8 Å². The monoisotopic (exact) mass is 509 g/mol. The Morgan fingerprint density at radius 2 is 2.05 bits per heavy atom. The zero-order chi connectivity index (χ0) is 26.4. The molecule has 198 valence electrons. The zero-order valence-corrected chi connectivity index (χ0v) is 21.6. The lowest BCUT2D eigenvalue weighted by Gasteiger charge is -2.35. The van der Waals surface area contributed by atoms with E-state index in [1.165, 1.54) is 4.90 Å². The third-order valence-electron chi connectivity index (χ3n) is 6.85. The maximum Gasteiger partial charge on any atom is 0.415 e. The maximum absolute atomic E-state index is 13.1. The van der Waals surface area contributed by atoms with E-state index in [-0.39, 0.29) is 37.6 Å². The molecule has 3 atom stereocenters. The second-order valence-electron chi connectivity index (χ2n) is 9.68. The lowest BCUT2D eigenvalue weighted by Crippen LogP contribution is -2.48. The minimum Gasteiger partial charge on any atom is -0.410 e. The number of fused-ring (bicyclic) bond motifs is 2. The van der Waals surface area contributed by atoms with Crippen molar-refractivity contribution in [2.45, 2.75) is 52.0 Å². The Balaban J connectivity index is 1.52. The van der Waals surface area contributed by atoms with Crippen molar-refractivity contribution in [2.75, 3.05) is 26.7 Å². The minimum absolute atomic E-state index is 0.0295. The number of likely N-dealkylation sites (N-methyl/N-ethyl adjacent to an activating group) is 1. The largest absolute Gasteiger partial charge is 0.415 e. The van der Waals surface area contributed by atoms with E-state index in [1.807, 2.05) is 50.2 Å². The number of ether oxygens (including phenoxy) is 2. The highest BCUT2D eigenvalue weighted by molar-refractivity contribution is 5.90. The highest BCUT2D eigenvalue weighted by Crippen LogP contribution is 2.26. The number of hydrogen-bond donors (Lipinski definition) is 1. The number of aliphatic hydroxyl groups excluding tert-OH is 1. The lowest BCUT2D eigenvalue weighted by molar-refractivity contribution is -0.136. The standard InChI is InChI=1S/C27H35N5O5/c1-19-15-31(20(2)17-33)26(34)12-7-13-32-22(14-28-29-32)18-36-25(19)16-30(3)27(35)37-24-11-6-9-21-8-4-5-10-23(21)24/h4-6,8-11,14,19-20,25,33H,7,12-13,15-18H2,1-3H3/t19-,20-,25+/m1/s1. The van der Waals surface area contributed by atoms with Crippen LogP contribution in [0.1, 0.15) is 32.4 Å². The van der Waals surface area contributed by atoms with E-state index >= 15 is 0 Å². The molecule has 10 nitrogen and oxygen atoms in total. The molecule has 1 aliphatic rings. The number of aliphatic hydroxyl groups is 1. The first-order chi connectivity index (χ1) is 17.9. The minimum atomic E-state index is -0.498. The average Bonchev–Trinajstić information content (AvgIpc) is 3.35. The molecule has 0 aliphatic carbocycles. The summed E-state index contributed by atoms with van der Waals surface area (Å²) in [5.41, 5.74) is 0.812. The number of aryl methyl sites for hydroxylation is 1. The summed E-state index contributed by atoms with van der Waals surface area (Å²) in [5.74, 6) is 0.332. The van der Waals surface area contributed by atoms with Crippen LogP contribution in [0, 0.1) is 5.92 Å². The van der Waals surface area contributed by atoms with Gasteiger partial charge in [0.25, 0.3) is 0 Å². The van der Waals surface area contributed by atoms with Crippen molar-refractivity contribution in [1.82, 2.24) is 24.8 Å². The summed E-state index contributed by atoms with van der Waals surface area (Å²) in [5, 5.41) is 19.7. The molecule has 3 aromatic rings. The van der Waals surface area contributed by atoms with Crippen LogP contribution in [0.2, 0.25) is 0 Å². The number of benzene rings is 2. The van der Waals surface area contributed by atoms with E-state index < -0.39 is 12.2 Å². The number of carbonyl (C=O) groups excluding carboxylic acids is 2. The van der Waals surface area contributed by atoms with Crippen LogP contribution in [0.3, 0.4) is 0 Å². The normalized spacial score (nSPS) is 20.0. The predicted molar refractivity (Wildman–Crippen MR) is 138 cm³/mol. The number of hydrogen-bond acceptors (Lipinski definition) is 7. The van der Waals surface area contributed by atoms with E-state index in [4.69, 9.17) is 9.47 Å². The molecule has 2 amide bonds. The van der Waals surface area contributed by atoms with Crippen molar-refractivity contribution >= 4 is 22.8 Å². The Hall–Kier alpha value is -3.50. The van der Waals surface area contributed by atoms with Gasteiger partial charge in [-0.3, -0.25) is 4.79 Å². The van der Waals surface area contributed by atoms with Gasteiger partial charge in [0.15, 0.2) is 0 Å². The molecule has 0 fully saturated rings. The zero-order valence-electron chi connectivity index (χ0n) is 21.6. The van der Waals surface area contributed by atoms with Crippen LogP contribution in [0.25, 0.3) is 10.8 Å². The van der Waals surface area contributed by atoms with Crippen molar-refractivity contribution in [3.8, 4) is 5.75 Å². The van der Waals surface area contributed by atoms with Gasteiger partial charge in [-0.2, -0.15) is 0 Å². The van der Waals surface area contributed by atoms with Gasteiger partial charge in [-0.1, -0.05) is 48.5 Å². The molecule has 10 heteroatoms. The summed E-state index contributed by atoms with van der Waals surface area (Å²) in [6.07, 6.45) is 1.72. The summed E-state index contributed by atoms with van der Waals surface area (Å²) in [7, 11) is 1.67. The Kier molecular flexibility index (Phi) is 8.73. The molecule has 0 saturated heterocycles. The molecule has 2 aromatic carbocycles. The van der Waals surface area contributed by atoms with Gasteiger partial charge in [0.2, 0.25) is 5.91 Å². The van der Waals surface area contributed by atoms with Crippen LogP contribution >= 0.6 is 0 Å². The fraction of sp³-hybridized carbons (Fsp3) is 0.481. The van der Waals surface area contributed by atoms with Crippen LogP contribution in [0.15, 0.2) is 48.7 Å². The highest BCUT2D eigenvalue weighted by atomic mass is 16.6. The van der Waals surface area contributed by atoms with E-state index in [0.717, 1.165) is 16.5 Å². The second kappa shape index (κ2) is 12.2. The van der Waals surface area contributed by atoms with E-state index in [0.29, 0.717) is 31.7 Å². The van der Waals surface area contributed by atoms with Crippen LogP contribution < -0.4 is 4.74 Å². The molecule has 1 N–H and O–H groups in total. The van der Waals surface area contributed by atoms with Gasteiger partial charge >= 0.3 is 6.09 Å². The highest BCUT2D eigenvalue weighted by Gasteiger charge is 2.29. The van der Waals surface area contributed by atoms with Crippen LogP contribution in [0.5, 0.6) is 5.75 Å². The van der Waals surface area contributed by atoms with Crippen molar-refractivity contribution in [1.29, 1.82) is 0 Å². The molecule has 2 heterocycles. The summed E-state index contributed by atoms with van der Waals surface area (Å²) < 4.78 is 13.8. The summed E-state index contributed by atoms with van der Waals surface area (Å²) in [4.78, 5) is 29.3. The quantitative estimate of drug-likeness (QED) is 0.563. The van der Waals surface area contributed by atoms with Crippen molar-refractivity contribution < 1.29 is 24.2 Å². The molecule has 0 bridgehead atoms. The topological polar surface area (TPSA) is 110 Å². The van der Waals surface area contributed by atoms with Gasteiger partial charge in [-0.05, 0) is 24.8 Å². The van der Waals surface area contributed by atoms with Gasteiger partial charge < -0.3 is 24.4 Å². The van der Waals surface area contributed by atoms with E-state index in [1.54, 1.807) is 28.9 Å². The molecular weight excluding hydrogens is 474 g/mol. The van der Waals surface area contributed by atoms with Gasteiger partial charge in [0, 0.05) is 37.9 Å². The third-order valence-corrected chi connectivity index (χ3v) is 6.85. The Bertz CT molecular complexity index is 1210. The van der Waals surface area contributed by atoms with Crippen molar-refractivity contribution in [2.24, 2.45) is 5.92 Å². The first-order valence-electron chi connectivity index (χ1n) is 12.7. The van der Waals surface area contributed by atoms with E-state index in [9.17, 15) is 14.7 Å². The molecule has 0 unspecified atom stereocenters. The molecule has 1 aromatic heterocycles. The summed E-state index contributed by atoms with van der Waals surface area (Å²) in [6.45, 7) is 5.15. The molecule has 0 saturated carbocycles. The fourth-order valence-corrected chi connectivity index (χ4v) is 4.55. The van der Waals surface area contributed by atoms with E-state index in [2.05, 4.69) is 10.3 Å². The first kappa shape index (κ1) is 26.6. The molecule has 0 spiro atoms. The molecule has 0 radical (unpaired) electrons. The van der Waals surface area contributed by atoms with Gasteiger partial charge in [0.1, 0.15) is 5.75 Å². The number of carbonyl (C=O) groups is 2. The SMILES string of the molecule is C[C@@H]1CN([C@H](C)CO)C(=O)CCCn2nncc2CO[C@H]1CN(C)C(=O)Oc1cccc2ccccc12. The Morgan fingerprint density at radius 1 is 1.27 bits per heavy atom. The summed E-state index contributed by atoms with van der Waals surface area (Å²) >= 11 is 0. The number of amides is 2. The number of rotatable bonds is 5. The lowest BCUT2D eigenvalue weighted by atomic mass is 10.0. The van der Waals surface area contributed by atoms with Crippen LogP contribution in [0.4, 0.5) is 4.79 Å². The molecular formula is C27H35N5O5. The molecule has 1 aliphatic heterocycles. The average molecular weight is 510 g/mol.